The second-order valence-electron chi connectivity index (χ2n) is 6.04. The fourth-order valence-corrected chi connectivity index (χ4v) is 2.54. The topological polar surface area (TPSA) is 33.5 Å². The first-order valence-corrected chi connectivity index (χ1v) is 7.76. The molecule has 0 aliphatic carbocycles. The van der Waals surface area contributed by atoms with Crippen molar-refractivity contribution in [1.29, 1.82) is 0 Å². The quantitative estimate of drug-likeness (QED) is 0.789. The van der Waals surface area contributed by atoms with Crippen molar-refractivity contribution in [2.75, 3.05) is 7.05 Å². The number of rotatable bonds is 6. The molecule has 21 heavy (non-hydrogen) atoms. The summed E-state index contributed by atoms with van der Waals surface area (Å²) in [5, 5.41) is 1.12. The summed E-state index contributed by atoms with van der Waals surface area (Å²) in [6, 6.07) is 8.05. The van der Waals surface area contributed by atoms with Crippen molar-refractivity contribution in [1.82, 2.24) is 4.90 Å². The van der Waals surface area contributed by atoms with E-state index in [0.717, 1.165) is 35.1 Å². The SMILES string of the molecule is CCc1oc2ccccc2c1CN(C)C(=O)CCC(C)C. The molecular weight excluding hydrogens is 262 g/mol. The molecule has 0 unspecified atom stereocenters. The monoisotopic (exact) mass is 287 g/mol. The van der Waals surface area contributed by atoms with Crippen LogP contribution in [0.2, 0.25) is 0 Å². The number of carbonyl (C=O) groups is 1. The maximum Gasteiger partial charge on any atom is 0.222 e. The second kappa shape index (κ2) is 6.79. The Morgan fingerprint density at radius 3 is 2.67 bits per heavy atom. The first-order valence-electron chi connectivity index (χ1n) is 7.76. The Kier molecular flexibility index (Phi) is 5.05. The normalized spacial score (nSPS) is 11.3. The highest BCUT2D eigenvalue weighted by atomic mass is 16.3. The highest BCUT2D eigenvalue weighted by Gasteiger charge is 2.17. The number of furan rings is 1. The molecule has 1 aromatic heterocycles. The van der Waals surface area contributed by atoms with Gasteiger partial charge in [-0.3, -0.25) is 4.79 Å². The number of hydrogen-bond donors (Lipinski definition) is 0. The third-order valence-corrected chi connectivity index (χ3v) is 3.86. The second-order valence-corrected chi connectivity index (χ2v) is 6.04. The molecule has 1 aromatic carbocycles. The molecule has 3 nitrogen and oxygen atoms in total. The van der Waals surface area contributed by atoms with Crippen LogP contribution in [-0.2, 0) is 17.8 Å². The Bertz CT molecular complexity index is 613. The van der Waals surface area contributed by atoms with Crippen LogP contribution in [-0.4, -0.2) is 17.9 Å². The maximum absolute atomic E-state index is 12.2. The Balaban J connectivity index is 2.16. The van der Waals surface area contributed by atoms with Gasteiger partial charge in [0.1, 0.15) is 11.3 Å². The van der Waals surface area contributed by atoms with E-state index in [1.165, 1.54) is 0 Å². The third-order valence-electron chi connectivity index (χ3n) is 3.86. The van der Waals surface area contributed by atoms with Crippen LogP contribution < -0.4 is 0 Å². The zero-order valence-electron chi connectivity index (χ0n) is 13.5. The molecule has 114 valence electrons. The molecule has 3 heteroatoms. The van der Waals surface area contributed by atoms with Crippen LogP contribution in [0.15, 0.2) is 28.7 Å². The molecule has 1 amide bonds. The van der Waals surface area contributed by atoms with Gasteiger partial charge >= 0.3 is 0 Å². The first-order chi connectivity index (χ1) is 10.0. The van der Waals surface area contributed by atoms with Crippen LogP contribution in [0.25, 0.3) is 11.0 Å². The Hall–Kier alpha value is -1.77. The van der Waals surface area contributed by atoms with Crippen molar-refractivity contribution >= 4 is 16.9 Å². The highest BCUT2D eigenvalue weighted by molar-refractivity contribution is 5.83. The molecule has 0 saturated heterocycles. The summed E-state index contributed by atoms with van der Waals surface area (Å²) in [6.07, 6.45) is 2.40. The van der Waals surface area contributed by atoms with E-state index < -0.39 is 0 Å². The number of amides is 1. The number of carbonyl (C=O) groups excluding carboxylic acids is 1. The van der Waals surface area contributed by atoms with Crippen LogP contribution >= 0.6 is 0 Å². The van der Waals surface area contributed by atoms with Gasteiger partial charge in [-0.25, -0.2) is 0 Å². The van der Waals surface area contributed by atoms with Crippen LogP contribution in [0, 0.1) is 5.92 Å². The minimum absolute atomic E-state index is 0.205. The smallest absolute Gasteiger partial charge is 0.222 e. The molecule has 0 aliphatic heterocycles. The van der Waals surface area contributed by atoms with Gasteiger partial charge in [0.2, 0.25) is 5.91 Å². The lowest BCUT2D eigenvalue weighted by atomic mass is 10.1. The molecule has 0 fully saturated rings. The summed E-state index contributed by atoms with van der Waals surface area (Å²) in [6.45, 7) is 7.00. The molecule has 0 bridgehead atoms. The van der Waals surface area contributed by atoms with Gasteiger partial charge in [-0.2, -0.15) is 0 Å². The number of fused-ring (bicyclic) bond motifs is 1. The molecule has 0 N–H and O–H groups in total. The minimum atomic E-state index is 0.205. The van der Waals surface area contributed by atoms with Gasteiger partial charge in [-0.05, 0) is 18.4 Å². The Morgan fingerprint density at radius 2 is 2.00 bits per heavy atom. The van der Waals surface area contributed by atoms with Gasteiger partial charge in [0.15, 0.2) is 0 Å². The van der Waals surface area contributed by atoms with E-state index >= 15 is 0 Å². The third kappa shape index (κ3) is 3.66. The molecular formula is C18H25NO2. The van der Waals surface area contributed by atoms with Gasteiger partial charge in [0, 0.05) is 37.4 Å². The number of benzene rings is 1. The maximum atomic E-state index is 12.2. The standard InChI is InChI=1S/C18H25NO2/c1-5-16-15(14-8-6-7-9-17(14)21-16)12-19(4)18(20)11-10-13(2)3/h6-9,13H,5,10-12H2,1-4H3. The minimum Gasteiger partial charge on any atom is -0.461 e. The molecule has 1 heterocycles. The molecule has 0 aliphatic rings. The fraction of sp³-hybridized carbons (Fsp3) is 0.500. The van der Waals surface area contributed by atoms with E-state index in [9.17, 15) is 4.79 Å². The molecule has 2 rings (SSSR count). The molecule has 0 atom stereocenters. The lowest BCUT2D eigenvalue weighted by molar-refractivity contribution is -0.130. The van der Waals surface area contributed by atoms with Crippen LogP contribution in [0.5, 0.6) is 0 Å². The molecule has 0 saturated carbocycles. The van der Waals surface area contributed by atoms with Crippen molar-refractivity contribution in [3.63, 3.8) is 0 Å². The largest absolute Gasteiger partial charge is 0.461 e. The fourth-order valence-electron chi connectivity index (χ4n) is 2.54. The summed E-state index contributed by atoms with van der Waals surface area (Å²) in [4.78, 5) is 14.0. The van der Waals surface area contributed by atoms with E-state index in [1.54, 1.807) is 0 Å². The predicted octanol–water partition coefficient (Wildman–Crippen LogP) is 4.39. The Morgan fingerprint density at radius 1 is 1.29 bits per heavy atom. The summed E-state index contributed by atoms with van der Waals surface area (Å²) in [5.74, 6) is 1.75. The zero-order valence-corrected chi connectivity index (χ0v) is 13.5. The van der Waals surface area contributed by atoms with Gasteiger partial charge < -0.3 is 9.32 Å². The molecule has 0 spiro atoms. The highest BCUT2D eigenvalue weighted by Crippen LogP contribution is 2.27. The number of aryl methyl sites for hydroxylation is 1. The van der Waals surface area contributed by atoms with Crippen LogP contribution in [0.3, 0.4) is 0 Å². The summed E-state index contributed by atoms with van der Waals surface area (Å²) >= 11 is 0. The summed E-state index contributed by atoms with van der Waals surface area (Å²) < 4.78 is 5.89. The van der Waals surface area contributed by atoms with Crippen LogP contribution in [0.4, 0.5) is 0 Å². The summed E-state index contributed by atoms with van der Waals surface area (Å²) in [7, 11) is 1.88. The zero-order chi connectivity index (χ0) is 15.4. The average molecular weight is 287 g/mol. The van der Waals surface area contributed by atoms with Crippen molar-refractivity contribution < 1.29 is 9.21 Å². The van der Waals surface area contributed by atoms with E-state index in [1.807, 2.05) is 30.1 Å². The van der Waals surface area contributed by atoms with Crippen molar-refractivity contribution in [2.45, 2.75) is 46.6 Å². The molecule has 0 radical (unpaired) electrons. The van der Waals surface area contributed by atoms with Gasteiger partial charge in [0.05, 0.1) is 0 Å². The number of para-hydroxylation sites is 1. The number of hydrogen-bond acceptors (Lipinski definition) is 2. The first kappa shape index (κ1) is 15.6. The average Bonchev–Trinajstić information content (AvgIpc) is 2.82. The van der Waals surface area contributed by atoms with Crippen molar-refractivity contribution in [2.24, 2.45) is 5.92 Å². The number of nitrogens with zero attached hydrogens (tertiary/aromatic N) is 1. The van der Waals surface area contributed by atoms with E-state index in [4.69, 9.17) is 4.42 Å². The van der Waals surface area contributed by atoms with Gasteiger partial charge in [0.25, 0.3) is 0 Å². The van der Waals surface area contributed by atoms with E-state index in [2.05, 4.69) is 26.8 Å². The van der Waals surface area contributed by atoms with Gasteiger partial charge in [-0.15, -0.1) is 0 Å². The van der Waals surface area contributed by atoms with E-state index in [-0.39, 0.29) is 5.91 Å². The Labute approximate surface area is 126 Å². The van der Waals surface area contributed by atoms with Crippen molar-refractivity contribution in [3.05, 3.63) is 35.6 Å². The van der Waals surface area contributed by atoms with Crippen molar-refractivity contribution in [3.8, 4) is 0 Å². The lowest BCUT2D eigenvalue weighted by Crippen LogP contribution is -2.26. The summed E-state index contributed by atoms with van der Waals surface area (Å²) in [5.41, 5.74) is 2.06. The van der Waals surface area contributed by atoms with Crippen LogP contribution in [0.1, 0.15) is 44.9 Å². The van der Waals surface area contributed by atoms with E-state index in [0.29, 0.717) is 18.9 Å². The van der Waals surface area contributed by atoms with Gasteiger partial charge in [-0.1, -0.05) is 39.0 Å². The predicted molar refractivity (Wildman–Crippen MR) is 86.1 cm³/mol. The molecule has 2 aromatic rings. The lowest BCUT2D eigenvalue weighted by Gasteiger charge is -2.18.